The van der Waals surface area contributed by atoms with Gasteiger partial charge in [-0.25, -0.2) is 4.98 Å². The second kappa shape index (κ2) is 22.5. The first-order valence-electron chi connectivity index (χ1n) is 27.8. The molecule has 4 N–H and O–H groups in total. The van der Waals surface area contributed by atoms with E-state index in [-0.39, 0.29) is 61.1 Å². The number of aromatic nitrogens is 4. The maximum absolute atomic E-state index is 14.4. The van der Waals surface area contributed by atoms with E-state index in [2.05, 4.69) is 74.1 Å². The van der Waals surface area contributed by atoms with Crippen LogP contribution in [0.15, 0.2) is 87.7 Å². The van der Waals surface area contributed by atoms with Crippen LogP contribution in [0.2, 0.25) is 0 Å². The highest BCUT2D eigenvalue weighted by Crippen LogP contribution is 2.41. The van der Waals surface area contributed by atoms with E-state index in [4.69, 9.17) is 18.9 Å². The number of methoxy groups -OCH3 is 1. The number of aryl methyl sites for hydroxylation is 3. The van der Waals surface area contributed by atoms with E-state index >= 15 is 0 Å². The zero-order valence-corrected chi connectivity index (χ0v) is 49.1. The van der Waals surface area contributed by atoms with E-state index in [1.165, 1.54) is 12.0 Å². The van der Waals surface area contributed by atoms with Gasteiger partial charge in [0.15, 0.2) is 11.6 Å². The van der Waals surface area contributed by atoms with E-state index in [0.29, 0.717) is 41.9 Å². The Morgan fingerprint density at radius 3 is 2.34 bits per heavy atom. The minimum atomic E-state index is -1.06. The number of aliphatic hydroxyl groups is 1. The van der Waals surface area contributed by atoms with E-state index in [1.54, 1.807) is 46.9 Å². The van der Waals surface area contributed by atoms with Gasteiger partial charge in [0.1, 0.15) is 46.4 Å². The van der Waals surface area contributed by atoms with Gasteiger partial charge >= 0.3 is 5.97 Å². The first-order valence-corrected chi connectivity index (χ1v) is 29.5. The second-order valence-electron chi connectivity index (χ2n) is 23.2. The Bertz CT molecular complexity index is 3630. The number of nitrogens with zero attached hydrogens (tertiary/aromatic N) is 7. The normalized spacial score (nSPS) is 21.2. The first kappa shape index (κ1) is 56.1. The highest BCUT2D eigenvalue weighted by molar-refractivity contribution is 7.15. The van der Waals surface area contributed by atoms with Crippen LogP contribution in [0.1, 0.15) is 127 Å². The van der Waals surface area contributed by atoms with Gasteiger partial charge in [-0.2, -0.15) is 0 Å². The Hall–Kier alpha value is -7.75. The molecule has 7 aromatic rings. The number of carbonyl (C=O) groups is 5. The monoisotopic (exact) mass is 1150 g/mol. The maximum atomic E-state index is 14.4. The number of hydrogen-bond acceptors (Lipinski definition) is 16. The summed E-state index contributed by atoms with van der Waals surface area (Å²) in [5, 5.41) is 30.4. The molecule has 0 spiro atoms. The minimum Gasteiger partial charge on any atom is -0.490 e. The molecule has 4 amide bonds. The summed E-state index contributed by atoms with van der Waals surface area (Å²) >= 11 is 3.23. The fraction of sp³-hybridized carbons (Fsp3) is 0.426. The van der Waals surface area contributed by atoms with Gasteiger partial charge in [0, 0.05) is 72.0 Å². The molecule has 6 atom stereocenters. The summed E-state index contributed by atoms with van der Waals surface area (Å²) in [7, 11) is 1.37. The van der Waals surface area contributed by atoms with Crippen molar-refractivity contribution in [1.82, 2.24) is 40.6 Å². The lowest BCUT2D eigenvalue weighted by atomic mass is 9.85. The average molecular weight is 1150 g/mol. The molecule has 0 unspecified atom stereocenters. The van der Waals surface area contributed by atoms with Crippen molar-refractivity contribution in [3.63, 3.8) is 0 Å². The number of rotatable bonds is 15. The number of aliphatic imine (C=N–C) groups is 1. The molecule has 3 aromatic carbocycles. The van der Waals surface area contributed by atoms with Crippen molar-refractivity contribution in [2.24, 2.45) is 16.3 Å². The molecule has 3 aliphatic heterocycles. The van der Waals surface area contributed by atoms with Crippen molar-refractivity contribution >= 4 is 74.6 Å². The van der Waals surface area contributed by atoms with Gasteiger partial charge in [0.25, 0.3) is 5.91 Å². The highest BCUT2D eigenvalue weighted by atomic mass is 32.1. The van der Waals surface area contributed by atoms with Crippen molar-refractivity contribution in [2.45, 2.75) is 130 Å². The number of hydrogen-bond donors (Lipinski definition) is 4. The predicted octanol–water partition coefficient (Wildman–Crippen LogP) is 8.42. The first-order chi connectivity index (χ1) is 39.2. The number of esters is 1. The summed E-state index contributed by atoms with van der Waals surface area (Å²) in [6, 6.07) is 20.1. The molecule has 3 fully saturated rings. The Morgan fingerprint density at radius 1 is 0.890 bits per heavy atom. The van der Waals surface area contributed by atoms with E-state index in [9.17, 15) is 29.1 Å². The Kier molecular flexibility index (Phi) is 15.4. The fourth-order valence-electron chi connectivity index (χ4n) is 11.5. The zero-order chi connectivity index (χ0) is 57.9. The van der Waals surface area contributed by atoms with E-state index < -0.39 is 47.4 Å². The molecule has 2 saturated heterocycles. The maximum Gasteiger partial charge on any atom is 0.308 e. The number of thiazole rings is 1. The number of carbonyl (C=O) groups excluding carboxylic acids is 5. The summed E-state index contributed by atoms with van der Waals surface area (Å²) in [5.41, 5.74) is 9.19. The van der Waals surface area contributed by atoms with Gasteiger partial charge in [-0.15, -0.1) is 32.9 Å². The minimum absolute atomic E-state index is 0.00533. The van der Waals surface area contributed by atoms with Gasteiger partial charge in [-0.3, -0.25) is 33.5 Å². The third-order valence-electron chi connectivity index (χ3n) is 16.4. The molecular weight excluding hydrogens is 1080 g/mol. The number of aliphatic hydroxyl groups excluding tert-OH is 1. The van der Waals surface area contributed by atoms with Crippen LogP contribution in [0.3, 0.4) is 0 Å². The van der Waals surface area contributed by atoms with Crippen molar-refractivity contribution < 1.29 is 43.0 Å². The number of furan rings is 1. The predicted molar refractivity (Wildman–Crippen MR) is 313 cm³/mol. The lowest BCUT2D eigenvalue weighted by Gasteiger charge is -2.36. The molecule has 428 valence electrons. The molecule has 21 heteroatoms. The van der Waals surface area contributed by atoms with Gasteiger partial charge in [-0.1, -0.05) is 57.2 Å². The van der Waals surface area contributed by atoms with E-state index in [1.807, 2.05) is 75.9 Å². The molecule has 1 aliphatic carbocycles. The molecule has 0 bridgehead atoms. The SMILES string of the molecule is COC(=O)C[C@@H]1N=C(c2ccc(N3CC[C@H](C(=O)N[C@H]4C[C@@H](Oc5ccc6oc(C(=O)N[C@H](C(=O)N7C[C@H](O)C[C@H]7C(=O)N[C@@H](C)c7ccc(-c8scnc8C)cc7)C(C)(C)C)cc6c5)C4)C3)cc2)c2c(sc(C)c2C)-n2c(C)nnc21. The molecule has 11 rings (SSSR count). The Balaban J connectivity index is 0.669. The quantitative estimate of drug-likeness (QED) is 0.0707. The summed E-state index contributed by atoms with van der Waals surface area (Å²) in [5.74, 6) is -0.0692. The van der Waals surface area contributed by atoms with Gasteiger partial charge in [0.2, 0.25) is 17.7 Å². The van der Waals surface area contributed by atoms with E-state index in [0.717, 1.165) is 78.5 Å². The lowest BCUT2D eigenvalue weighted by molar-refractivity contribution is -0.142. The summed E-state index contributed by atoms with van der Waals surface area (Å²) in [4.78, 5) is 83.8. The second-order valence-corrected chi connectivity index (χ2v) is 25.2. The number of fused-ring (bicyclic) bond motifs is 4. The zero-order valence-electron chi connectivity index (χ0n) is 47.4. The van der Waals surface area contributed by atoms with Crippen LogP contribution >= 0.6 is 22.7 Å². The van der Waals surface area contributed by atoms with Gasteiger partial charge in [0.05, 0.1) is 53.4 Å². The summed E-state index contributed by atoms with van der Waals surface area (Å²) < 4.78 is 19.4. The molecule has 19 nitrogen and oxygen atoms in total. The van der Waals surface area contributed by atoms with Crippen molar-refractivity contribution in [3.05, 3.63) is 129 Å². The van der Waals surface area contributed by atoms with Crippen molar-refractivity contribution in [2.75, 3.05) is 31.6 Å². The molecule has 7 heterocycles. The van der Waals surface area contributed by atoms with Crippen molar-refractivity contribution in [3.8, 4) is 21.2 Å². The summed E-state index contributed by atoms with van der Waals surface area (Å²) in [6.07, 6.45) is 1.08. The van der Waals surface area contributed by atoms with Gasteiger partial charge in [-0.05, 0) is 99.5 Å². The number of amides is 4. The fourth-order valence-corrected chi connectivity index (χ4v) is 13.5. The molecule has 4 aromatic heterocycles. The van der Waals surface area contributed by atoms with Crippen LogP contribution in [0.25, 0.3) is 26.4 Å². The number of nitrogens with one attached hydrogen (secondary N) is 3. The number of thiophene rings is 1. The largest absolute Gasteiger partial charge is 0.490 e. The van der Waals surface area contributed by atoms with Crippen LogP contribution in [0.5, 0.6) is 5.75 Å². The van der Waals surface area contributed by atoms with Crippen LogP contribution in [-0.2, 0) is 23.9 Å². The van der Waals surface area contributed by atoms with Gasteiger partial charge < -0.3 is 44.7 Å². The Morgan fingerprint density at radius 2 is 1.63 bits per heavy atom. The Labute approximate surface area is 483 Å². The third kappa shape index (κ3) is 11.2. The van der Waals surface area contributed by atoms with Crippen LogP contribution in [-0.4, -0.2) is 122 Å². The number of β-amino-alcohol motifs (C(OH)–C–C–N with tert-alkyl or cyclic N) is 1. The molecule has 82 heavy (non-hydrogen) atoms. The number of likely N-dealkylation sites (tertiary alicyclic amines) is 1. The molecule has 1 saturated carbocycles. The third-order valence-corrected chi connectivity index (χ3v) is 18.5. The van der Waals surface area contributed by atoms with Crippen LogP contribution < -0.4 is 25.6 Å². The van der Waals surface area contributed by atoms with Crippen LogP contribution in [0.4, 0.5) is 5.69 Å². The lowest BCUT2D eigenvalue weighted by Crippen LogP contribution is -2.57. The molecule has 0 radical (unpaired) electrons. The van der Waals surface area contributed by atoms with Crippen molar-refractivity contribution in [1.29, 1.82) is 0 Å². The average Bonchev–Trinajstić information content (AvgIpc) is 2.99. The number of ether oxygens (including phenoxy) is 2. The number of benzene rings is 3. The standard InChI is InChI=1S/C61H68N10O9S2/c1-31-34(4)82-60-51(31)52(65-46(27-50(73)78-9)55-68-67-35(5)71(55)60)37-14-16-42(17-15-37)69-21-20-39(28-69)56(74)64-41-24-45(25-41)79-44-18-19-48-40(22-44)23-49(80-48)58(76)66-54(61(6,7)8)59(77)70-29-43(72)26-47(70)57(75)63-32(2)36-10-12-38(13-11-36)53-33(3)62-30-81-53/h10-19,22-23,30,32,39,41,43,45-47,54,72H,20-21,24-29H2,1-9H3,(H,63,75)(H,64,74)(H,66,76)/t32-,39-,41-,43+,45+,46-,47-,54+/m0/s1. The topological polar surface area (TPSA) is 236 Å². The van der Waals surface area contributed by atoms with Crippen LogP contribution in [0, 0.1) is 39.0 Å². The smallest absolute Gasteiger partial charge is 0.308 e. The molecule has 4 aliphatic rings. The highest BCUT2D eigenvalue weighted by Gasteiger charge is 2.45. The summed E-state index contributed by atoms with van der Waals surface area (Å²) in [6.45, 7) is 16.7. The molecular formula is C61H68N10O9S2. The number of anilines is 1.